The standard InChI is InChI=1S/C18H25ClN4O/c1-14-17(18(19)22(2)21-14)12-20-11-15-3-5-16(6-4-15)13-23-7-9-24-10-8-23/h3-6,20H,7-13H2,1-2H3. The van der Waals surface area contributed by atoms with E-state index in [9.17, 15) is 0 Å². The first-order chi connectivity index (χ1) is 11.6. The third-order valence-corrected chi connectivity index (χ3v) is 4.91. The van der Waals surface area contributed by atoms with Crippen molar-refractivity contribution in [1.29, 1.82) is 0 Å². The van der Waals surface area contributed by atoms with E-state index < -0.39 is 0 Å². The molecule has 0 aliphatic carbocycles. The van der Waals surface area contributed by atoms with Crippen LogP contribution in [0, 0.1) is 6.92 Å². The SMILES string of the molecule is Cc1nn(C)c(Cl)c1CNCc1ccc(CN2CCOCC2)cc1. The van der Waals surface area contributed by atoms with Crippen LogP contribution in [-0.2, 0) is 31.4 Å². The van der Waals surface area contributed by atoms with Crippen LogP contribution in [0.5, 0.6) is 0 Å². The highest BCUT2D eigenvalue weighted by Crippen LogP contribution is 2.18. The van der Waals surface area contributed by atoms with E-state index >= 15 is 0 Å². The number of hydrogen-bond donors (Lipinski definition) is 1. The second kappa shape index (κ2) is 8.12. The zero-order valence-corrected chi connectivity index (χ0v) is 15.1. The van der Waals surface area contributed by atoms with Crippen molar-refractivity contribution in [3.63, 3.8) is 0 Å². The zero-order valence-electron chi connectivity index (χ0n) is 14.4. The molecule has 2 heterocycles. The van der Waals surface area contributed by atoms with E-state index in [1.165, 1.54) is 11.1 Å². The molecule has 0 amide bonds. The highest BCUT2D eigenvalue weighted by Gasteiger charge is 2.11. The molecule has 0 radical (unpaired) electrons. The molecule has 3 rings (SSSR count). The van der Waals surface area contributed by atoms with E-state index in [0.717, 1.165) is 57.2 Å². The first-order valence-corrected chi connectivity index (χ1v) is 8.78. The highest BCUT2D eigenvalue weighted by molar-refractivity contribution is 6.30. The Balaban J connectivity index is 1.49. The molecule has 130 valence electrons. The minimum absolute atomic E-state index is 0.709. The number of nitrogens with zero attached hydrogens (tertiary/aromatic N) is 3. The van der Waals surface area contributed by atoms with Crippen LogP contribution in [0.4, 0.5) is 0 Å². The number of morpholine rings is 1. The summed E-state index contributed by atoms with van der Waals surface area (Å²) in [5, 5.41) is 8.49. The first kappa shape index (κ1) is 17.4. The van der Waals surface area contributed by atoms with E-state index in [0.29, 0.717) is 5.15 Å². The Morgan fingerprint density at radius 1 is 1.12 bits per heavy atom. The molecule has 0 unspecified atom stereocenters. The number of benzene rings is 1. The predicted octanol–water partition coefficient (Wildman–Crippen LogP) is 2.50. The van der Waals surface area contributed by atoms with Gasteiger partial charge in [-0.3, -0.25) is 9.58 Å². The Hall–Kier alpha value is -1.40. The van der Waals surface area contributed by atoms with Gasteiger partial charge in [0.2, 0.25) is 0 Å². The minimum atomic E-state index is 0.709. The molecule has 2 aromatic rings. The van der Waals surface area contributed by atoms with Crippen molar-refractivity contribution in [1.82, 2.24) is 20.0 Å². The maximum atomic E-state index is 6.26. The van der Waals surface area contributed by atoms with Gasteiger partial charge in [-0.25, -0.2) is 0 Å². The van der Waals surface area contributed by atoms with Crippen molar-refractivity contribution in [2.45, 2.75) is 26.6 Å². The third-order valence-electron chi connectivity index (χ3n) is 4.43. The summed E-state index contributed by atoms with van der Waals surface area (Å²) in [6, 6.07) is 8.82. The third kappa shape index (κ3) is 4.36. The number of rotatable bonds is 6. The van der Waals surface area contributed by atoms with Crippen LogP contribution in [0.25, 0.3) is 0 Å². The van der Waals surface area contributed by atoms with Crippen LogP contribution in [0.2, 0.25) is 5.15 Å². The molecule has 1 aromatic carbocycles. The Kier molecular flexibility index (Phi) is 5.89. The van der Waals surface area contributed by atoms with Crippen molar-refractivity contribution < 1.29 is 4.74 Å². The monoisotopic (exact) mass is 348 g/mol. The lowest BCUT2D eigenvalue weighted by Crippen LogP contribution is -2.35. The fraction of sp³-hybridized carbons (Fsp3) is 0.500. The molecular formula is C18H25ClN4O. The van der Waals surface area contributed by atoms with Crippen LogP contribution in [0.1, 0.15) is 22.4 Å². The molecule has 1 aromatic heterocycles. The molecule has 0 spiro atoms. The predicted molar refractivity (Wildman–Crippen MR) is 96.0 cm³/mol. The van der Waals surface area contributed by atoms with Gasteiger partial charge in [-0.05, 0) is 18.1 Å². The van der Waals surface area contributed by atoms with Crippen LogP contribution in [0.3, 0.4) is 0 Å². The maximum absolute atomic E-state index is 6.26. The summed E-state index contributed by atoms with van der Waals surface area (Å²) in [7, 11) is 1.87. The number of hydrogen-bond acceptors (Lipinski definition) is 4. The highest BCUT2D eigenvalue weighted by atomic mass is 35.5. The van der Waals surface area contributed by atoms with Gasteiger partial charge in [0.1, 0.15) is 5.15 Å². The molecule has 1 aliphatic heterocycles. The summed E-state index contributed by atoms with van der Waals surface area (Å²) in [5.41, 5.74) is 4.68. The summed E-state index contributed by atoms with van der Waals surface area (Å²) in [5.74, 6) is 0. The van der Waals surface area contributed by atoms with Crippen molar-refractivity contribution in [3.05, 3.63) is 51.8 Å². The quantitative estimate of drug-likeness (QED) is 0.871. The number of aromatic nitrogens is 2. The molecule has 0 saturated carbocycles. The molecule has 1 N–H and O–H groups in total. The second-order valence-corrected chi connectivity index (χ2v) is 6.64. The fourth-order valence-corrected chi connectivity index (χ4v) is 3.23. The van der Waals surface area contributed by atoms with Gasteiger partial charge in [-0.1, -0.05) is 35.9 Å². The van der Waals surface area contributed by atoms with Crippen LogP contribution in [-0.4, -0.2) is 41.0 Å². The van der Waals surface area contributed by atoms with E-state index in [2.05, 4.69) is 39.6 Å². The van der Waals surface area contributed by atoms with Gasteiger partial charge in [0, 0.05) is 45.3 Å². The molecule has 0 atom stereocenters. The number of halogens is 1. The summed E-state index contributed by atoms with van der Waals surface area (Å²) >= 11 is 6.26. The molecule has 0 bridgehead atoms. The van der Waals surface area contributed by atoms with Crippen molar-refractivity contribution in [3.8, 4) is 0 Å². The van der Waals surface area contributed by atoms with E-state index in [1.54, 1.807) is 4.68 Å². The molecule has 24 heavy (non-hydrogen) atoms. The summed E-state index contributed by atoms with van der Waals surface area (Å²) < 4.78 is 7.11. The van der Waals surface area contributed by atoms with Gasteiger partial charge in [-0.2, -0.15) is 5.10 Å². The van der Waals surface area contributed by atoms with Gasteiger partial charge in [0.05, 0.1) is 18.9 Å². The normalized spacial score (nSPS) is 15.8. The Morgan fingerprint density at radius 2 is 1.79 bits per heavy atom. The number of nitrogens with one attached hydrogen (secondary N) is 1. The van der Waals surface area contributed by atoms with E-state index in [4.69, 9.17) is 16.3 Å². The summed E-state index contributed by atoms with van der Waals surface area (Å²) in [6.07, 6.45) is 0. The van der Waals surface area contributed by atoms with Gasteiger partial charge in [-0.15, -0.1) is 0 Å². The number of ether oxygens (including phenoxy) is 1. The Morgan fingerprint density at radius 3 is 2.42 bits per heavy atom. The molecule has 6 heteroatoms. The first-order valence-electron chi connectivity index (χ1n) is 8.40. The smallest absolute Gasteiger partial charge is 0.131 e. The lowest BCUT2D eigenvalue weighted by molar-refractivity contribution is 0.0342. The maximum Gasteiger partial charge on any atom is 0.131 e. The van der Waals surface area contributed by atoms with Crippen LogP contribution >= 0.6 is 11.6 Å². The summed E-state index contributed by atoms with van der Waals surface area (Å²) in [6.45, 7) is 8.28. The molecule has 5 nitrogen and oxygen atoms in total. The van der Waals surface area contributed by atoms with Crippen molar-refractivity contribution >= 4 is 11.6 Å². The molecule has 1 fully saturated rings. The topological polar surface area (TPSA) is 42.3 Å². The molecular weight excluding hydrogens is 324 g/mol. The fourth-order valence-electron chi connectivity index (χ4n) is 2.99. The lowest BCUT2D eigenvalue weighted by Gasteiger charge is -2.26. The van der Waals surface area contributed by atoms with Gasteiger partial charge in [0.25, 0.3) is 0 Å². The van der Waals surface area contributed by atoms with Crippen LogP contribution < -0.4 is 5.32 Å². The lowest BCUT2D eigenvalue weighted by atomic mass is 10.1. The Labute approximate surface area is 148 Å². The largest absolute Gasteiger partial charge is 0.379 e. The van der Waals surface area contributed by atoms with Crippen molar-refractivity contribution in [2.24, 2.45) is 7.05 Å². The average Bonchev–Trinajstić information content (AvgIpc) is 2.83. The number of aryl methyl sites for hydroxylation is 2. The average molecular weight is 349 g/mol. The van der Waals surface area contributed by atoms with E-state index in [-0.39, 0.29) is 0 Å². The Bertz CT molecular complexity index is 662. The zero-order chi connectivity index (χ0) is 16.9. The van der Waals surface area contributed by atoms with E-state index in [1.807, 2.05) is 14.0 Å². The molecule has 1 aliphatic rings. The molecule has 1 saturated heterocycles. The van der Waals surface area contributed by atoms with Gasteiger partial charge >= 0.3 is 0 Å². The second-order valence-electron chi connectivity index (χ2n) is 6.29. The van der Waals surface area contributed by atoms with Crippen molar-refractivity contribution in [2.75, 3.05) is 26.3 Å². The van der Waals surface area contributed by atoms with Crippen LogP contribution in [0.15, 0.2) is 24.3 Å². The van der Waals surface area contributed by atoms with Gasteiger partial charge in [0.15, 0.2) is 0 Å². The van der Waals surface area contributed by atoms with Gasteiger partial charge < -0.3 is 10.1 Å². The summed E-state index contributed by atoms with van der Waals surface area (Å²) in [4.78, 5) is 2.43. The minimum Gasteiger partial charge on any atom is -0.379 e.